The Morgan fingerprint density at radius 3 is 2.53 bits per heavy atom. The number of nitrogens with two attached hydrogens (primary N) is 1. The van der Waals surface area contributed by atoms with Gasteiger partial charge >= 0.3 is 0 Å². The van der Waals surface area contributed by atoms with Crippen LogP contribution in [0.3, 0.4) is 0 Å². The molecular weight excluding hydrogens is 238 g/mol. The minimum absolute atomic E-state index is 0.00598. The Balaban J connectivity index is 3.14. The molecule has 0 saturated heterocycles. The molecule has 0 radical (unpaired) electrons. The number of carbonyl (C=O) groups is 1. The molecule has 0 bridgehead atoms. The van der Waals surface area contributed by atoms with Gasteiger partial charge in [-0.25, -0.2) is 0 Å². The first-order chi connectivity index (χ1) is 8.83. The van der Waals surface area contributed by atoms with Crippen LogP contribution in [0.15, 0.2) is 18.2 Å². The fraction of sp³-hybridized carbons (Fsp3) is 0.533. The van der Waals surface area contributed by atoms with Crippen molar-refractivity contribution in [1.82, 2.24) is 5.32 Å². The molecule has 0 aliphatic rings. The van der Waals surface area contributed by atoms with E-state index in [2.05, 4.69) is 31.0 Å². The van der Waals surface area contributed by atoms with E-state index in [1.54, 1.807) is 12.1 Å². The molecule has 1 aromatic rings. The summed E-state index contributed by atoms with van der Waals surface area (Å²) in [6, 6.07) is 5.41. The van der Waals surface area contributed by atoms with E-state index >= 15 is 0 Å². The normalized spacial score (nSPS) is 11.2. The molecule has 0 heterocycles. The van der Waals surface area contributed by atoms with Crippen LogP contribution in [-0.4, -0.2) is 25.0 Å². The van der Waals surface area contributed by atoms with Crippen LogP contribution in [0.4, 0.5) is 11.4 Å². The van der Waals surface area contributed by atoms with Crippen molar-refractivity contribution in [2.75, 3.05) is 24.2 Å². The fourth-order valence-electron chi connectivity index (χ4n) is 1.80. The second kappa shape index (κ2) is 5.95. The monoisotopic (exact) mass is 263 g/mol. The molecule has 0 aliphatic carbocycles. The van der Waals surface area contributed by atoms with Gasteiger partial charge in [0, 0.05) is 24.7 Å². The van der Waals surface area contributed by atoms with Gasteiger partial charge in [0.05, 0.1) is 11.4 Å². The van der Waals surface area contributed by atoms with Crippen LogP contribution >= 0.6 is 0 Å². The number of anilines is 2. The first kappa shape index (κ1) is 15.3. The van der Waals surface area contributed by atoms with Gasteiger partial charge in [-0.15, -0.1) is 0 Å². The van der Waals surface area contributed by atoms with Crippen LogP contribution in [0, 0.1) is 0 Å². The number of carbonyl (C=O) groups excluding carboxylic acids is 1. The van der Waals surface area contributed by atoms with Crippen molar-refractivity contribution >= 4 is 17.3 Å². The molecule has 4 nitrogen and oxygen atoms in total. The number of nitrogens with zero attached hydrogens (tertiary/aromatic N) is 1. The van der Waals surface area contributed by atoms with Crippen LogP contribution in [-0.2, 0) is 0 Å². The summed E-state index contributed by atoms with van der Waals surface area (Å²) >= 11 is 0. The van der Waals surface area contributed by atoms with Crippen molar-refractivity contribution in [3.05, 3.63) is 23.8 Å². The Bertz CT molecular complexity index is 455. The Morgan fingerprint density at radius 1 is 1.37 bits per heavy atom. The molecule has 0 spiro atoms. The van der Waals surface area contributed by atoms with E-state index in [4.69, 9.17) is 5.73 Å². The molecule has 0 aromatic heterocycles. The number of hydrogen-bond acceptors (Lipinski definition) is 3. The minimum Gasteiger partial charge on any atom is -0.397 e. The van der Waals surface area contributed by atoms with Crippen molar-refractivity contribution in [2.24, 2.45) is 0 Å². The fourth-order valence-corrected chi connectivity index (χ4v) is 1.80. The first-order valence-corrected chi connectivity index (χ1v) is 6.75. The van der Waals surface area contributed by atoms with Gasteiger partial charge in [0.1, 0.15) is 0 Å². The summed E-state index contributed by atoms with van der Waals surface area (Å²) in [7, 11) is 2.01. The van der Waals surface area contributed by atoms with Crippen LogP contribution in [0.5, 0.6) is 0 Å². The predicted octanol–water partition coefficient (Wildman–Crippen LogP) is 2.64. The number of nitrogens with one attached hydrogen (secondary N) is 1. The summed E-state index contributed by atoms with van der Waals surface area (Å²) in [5, 5.41) is 2.80. The van der Waals surface area contributed by atoms with E-state index < -0.39 is 0 Å². The minimum atomic E-state index is -0.0635. The van der Waals surface area contributed by atoms with E-state index in [1.165, 1.54) is 0 Å². The van der Waals surface area contributed by atoms with Crippen LogP contribution in [0.25, 0.3) is 0 Å². The van der Waals surface area contributed by atoms with Gasteiger partial charge < -0.3 is 16.0 Å². The third-order valence-corrected chi connectivity index (χ3v) is 3.76. The zero-order valence-corrected chi connectivity index (χ0v) is 12.6. The molecule has 19 heavy (non-hydrogen) atoms. The molecule has 3 N–H and O–H groups in total. The van der Waals surface area contributed by atoms with Gasteiger partial charge in [0.15, 0.2) is 0 Å². The van der Waals surface area contributed by atoms with Crippen LogP contribution in [0.2, 0.25) is 0 Å². The lowest BCUT2D eigenvalue weighted by Crippen LogP contribution is -2.41. The van der Waals surface area contributed by atoms with E-state index in [0.717, 1.165) is 12.1 Å². The Labute approximate surface area is 116 Å². The third kappa shape index (κ3) is 3.40. The van der Waals surface area contributed by atoms with E-state index in [9.17, 15) is 4.79 Å². The average molecular weight is 263 g/mol. The van der Waals surface area contributed by atoms with Crippen molar-refractivity contribution in [3.63, 3.8) is 0 Å². The largest absolute Gasteiger partial charge is 0.397 e. The van der Waals surface area contributed by atoms with Gasteiger partial charge in [-0.1, -0.05) is 6.92 Å². The summed E-state index contributed by atoms with van der Waals surface area (Å²) in [4.78, 5) is 14.0. The van der Waals surface area contributed by atoms with Crippen molar-refractivity contribution in [2.45, 2.75) is 39.7 Å². The lowest BCUT2D eigenvalue weighted by atomic mass is 9.98. The molecule has 1 rings (SSSR count). The number of benzene rings is 1. The standard InChI is InChI=1S/C15H25N3O/c1-6-15(3,4)18(5)13-10-11(8-9-12(13)16)14(19)17-7-2/h8-10H,6-7,16H2,1-5H3,(H,17,19). The highest BCUT2D eigenvalue weighted by Crippen LogP contribution is 2.30. The summed E-state index contributed by atoms with van der Waals surface area (Å²) in [5.41, 5.74) is 8.27. The molecule has 0 unspecified atom stereocenters. The maximum absolute atomic E-state index is 11.9. The number of nitrogen functional groups attached to an aromatic ring is 1. The van der Waals surface area contributed by atoms with E-state index in [-0.39, 0.29) is 11.4 Å². The molecule has 1 amide bonds. The third-order valence-electron chi connectivity index (χ3n) is 3.76. The second-order valence-corrected chi connectivity index (χ2v) is 5.36. The van der Waals surface area contributed by atoms with Crippen molar-refractivity contribution < 1.29 is 4.79 Å². The maximum Gasteiger partial charge on any atom is 0.251 e. The van der Waals surface area contributed by atoms with Crippen LogP contribution < -0.4 is 16.0 Å². The molecule has 0 fully saturated rings. The predicted molar refractivity (Wildman–Crippen MR) is 81.6 cm³/mol. The first-order valence-electron chi connectivity index (χ1n) is 6.75. The summed E-state index contributed by atoms with van der Waals surface area (Å²) < 4.78 is 0. The molecular formula is C15H25N3O. The molecule has 1 aromatic carbocycles. The second-order valence-electron chi connectivity index (χ2n) is 5.36. The zero-order valence-electron chi connectivity index (χ0n) is 12.6. The lowest BCUT2D eigenvalue weighted by Gasteiger charge is -2.37. The molecule has 0 saturated carbocycles. The van der Waals surface area contributed by atoms with Gasteiger partial charge in [0.2, 0.25) is 0 Å². The average Bonchev–Trinajstić information content (AvgIpc) is 2.38. The number of amides is 1. The van der Waals surface area contributed by atoms with Gasteiger partial charge in [-0.3, -0.25) is 4.79 Å². The number of rotatable bonds is 5. The Kier molecular flexibility index (Phi) is 4.81. The highest BCUT2D eigenvalue weighted by Gasteiger charge is 2.23. The highest BCUT2D eigenvalue weighted by molar-refractivity contribution is 5.96. The molecule has 4 heteroatoms. The molecule has 106 valence electrons. The van der Waals surface area contributed by atoms with E-state index in [1.807, 2.05) is 20.0 Å². The zero-order chi connectivity index (χ0) is 14.6. The summed E-state index contributed by atoms with van der Waals surface area (Å²) in [6.07, 6.45) is 0.994. The number of hydrogen-bond donors (Lipinski definition) is 2. The van der Waals surface area contributed by atoms with Gasteiger partial charge in [-0.2, -0.15) is 0 Å². The summed E-state index contributed by atoms with van der Waals surface area (Å²) in [6.45, 7) is 8.98. The Morgan fingerprint density at radius 2 is 2.00 bits per heavy atom. The Hall–Kier alpha value is -1.71. The smallest absolute Gasteiger partial charge is 0.251 e. The molecule has 0 aliphatic heterocycles. The summed E-state index contributed by atoms with van der Waals surface area (Å²) in [5.74, 6) is -0.0635. The van der Waals surface area contributed by atoms with Crippen molar-refractivity contribution in [1.29, 1.82) is 0 Å². The van der Waals surface area contributed by atoms with Crippen LogP contribution in [0.1, 0.15) is 44.5 Å². The van der Waals surface area contributed by atoms with Gasteiger partial charge in [-0.05, 0) is 45.4 Å². The van der Waals surface area contributed by atoms with E-state index in [0.29, 0.717) is 17.8 Å². The quantitative estimate of drug-likeness (QED) is 0.803. The lowest BCUT2D eigenvalue weighted by molar-refractivity contribution is 0.0956. The SMILES string of the molecule is CCNC(=O)c1ccc(N)c(N(C)C(C)(C)CC)c1. The molecule has 0 atom stereocenters. The topological polar surface area (TPSA) is 58.4 Å². The highest BCUT2D eigenvalue weighted by atomic mass is 16.1. The van der Waals surface area contributed by atoms with Gasteiger partial charge in [0.25, 0.3) is 5.91 Å². The maximum atomic E-state index is 11.9. The van der Waals surface area contributed by atoms with Crippen molar-refractivity contribution in [3.8, 4) is 0 Å².